The molecule has 0 aromatic carbocycles. The van der Waals surface area contributed by atoms with Gasteiger partial charge < -0.3 is 15.4 Å². The minimum absolute atomic E-state index is 0.291. The zero-order valence-electron chi connectivity index (χ0n) is 21.9. The number of amides is 1. The van der Waals surface area contributed by atoms with Crippen molar-refractivity contribution in [3.8, 4) is 11.3 Å². The van der Waals surface area contributed by atoms with Crippen LogP contribution in [0, 0.1) is 6.92 Å². The fourth-order valence-electron chi connectivity index (χ4n) is 2.71. The van der Waals surface area contributed by atoms with E-state index in [-0.39, 0.29) is 0 Å². The summed E-state index contributed by atoms with van der Waals surface area (Å²) >= 11 is 0. The van der Waals surface area contributed by atoms with E-state index in [1.807, 2.05) is 85.3 Å². The maximum atomic E-state index is 11.8. The van der Waals surface area contributed by atoms with Crippen molar-refractivity contribution in [2.75, 3.05) is 5.32 Å². The molecule has 3 aromatic rings. The van der Waals surface area contributed by atoms with Gasteiger partial charge in [0.2, 0.25) is 5.95 Å². The first-order chi connectivity index (χ1) is 16.2. The normalized spacial score (nSPS) is 10.3. The highest BCUT2D eigenvalue weighted by Crippen LogP contribution is 2.21. The predicted octanol–water partition coefficient (Wildman–Crippen LogP) is 5.88. The van der Waals surface area contributed by atoms with Crippen molar-refractivity contribution >= 4 is 17.7 Å². The summed E-state index contributed by atoms with van der Waals surface area (Å²) in [5.41, 5.74) is 3.61. The van der Waals surface area contributed by atoms with E-state index in [4.69, 9.17) is 4.74 Å². The van der Waals surface area contributed by atoms with Gasteiger partial charge in [-0.25, -0.2) is 14.8 Å². The Balaban J connectivity index is 0.00000137. The van der Waals surface area contributed by atoms with E-state index in [1.165, 1.54) is 0 Å². The van der Waals surface area contributed by atoms with Crippen LogP contribution in [-0.4, -0.2) is 36.4 Å². The summed E-state index contributed by atoms with van der Waals surface area (Å²) in [6, 6.07) is 3.82. The predicted molar refractivity (Wildman–Crippen MR) is 137 cm³/mol. The third-order valence-electron chi connectivity index (χ3n) is 4.15. The number of aromatic nitrogens is 5. The van der Waals surface area contributed by atoms with Crippen LogP contribution in [0.4, 0.5) is 16.4 Å². The standard InChI is InChI=1S/C21H27N7O2.2C2H6/c1-6-28-13-16(11-25-28)26-19-22-8-7-17(27-19)15-9-14(2)18(23-10-15)12-24-20(29)30-21(3,4)5;2*1-2/h7-11,13H,6,12H2,1-5H3,(H,24,29)(H,22,26,27);2*1-2H3. The lowest BCUT2D eigenvalue weighted by molar-refractivity contribution is 0.0523. The summed E-state index contributed by atoms with van der Waals surface area (Å²) in [4.78, 5) is 25.2. The number of aryl methyl sites for hydroxylation is 2. The minimum atomic E-state index is -0.537. The number of anilines is 2. The average molecular weight is 470 g/mol. The van der Waals surface area contributed by atoms with E-state index in [0.29, 0.717) is 12.5 Å². The van der Waals surface area contributed by atoms with Crippen LogP contribution in [0.5, 0.6) is 0 Å². The number of hydrogen-bond donors (Lipinski definition) is 2. The smallest absolute Gasteiger partial charge is 0.407 e. The molecule has 1 amide bonds. The molecule has 0 aliphatic carbocycles. The molecule has 0 spiro atoms. The molecule has 0 unspecified atom stereocenters. The van der Waals surface area contributed by atoms with Gasteiger partial charge in [0.15, 0.2) is 0 Å². The zero-order chi connectivity index (χ0) is 25.7. The first kappa shape index (κ1) is 28.5. The molecule has 34 heavy (non-hydrogen) atoms. The molecule has 0 atom stereocenters. The third kappa shape index (κ3) is 9.17. The van der Waals surface area contributed by atoms with Gasteiger partial charge in [0, 0.05) is 30.7 Å². The van der Waals surface area contributed by atoms with Gasteiger partial charge in [0.25, 0.3) is 0 Å². The zero-order valence-corrected chi connectivity index (χ0v) is 21.9. The SMILES string of the molecule is CC.CC.CCn1cc(Nc2nccc(-c3cnc(CNC(=O)OC(C)(C)C)c(C)c3)n2)cn1. The van der Waals surface area contributed by atoms with Gasteiger partial charge in [-0.1, -0.05) is 27.7 Å². The second-order valence-electron chi connectivity index (χ2n) is 7.82. The quantitative estimate of drug-likeness (QED) is 0.464. The lowest BCUT2D eigenvalue weighted by Gasteiger charge is -2.19. The van der Waals surface area contributed by atoms with Gasteiger partial charge in [-0.3, -0.25) is 9.67 Å². The van der Waals surface area contributed by atoms with Gasteiger partial charge in [-0.05, 0) is 52.3 Å². The van der Waals surface area contributed by atoms with Gasteiger partial charge in [-0.15, -0.1) is 0 Å². The van der Waals surface area contributed by atoms with Crippen LogP contribution in [0.2, 0.25) is 0 Å². The number of pyridine rings is 1. The molecular formula is C25H39N7O2. The van der Waals surface area contributed by atoms with Crippen LogP contribution in [-0.2, 0) is 17.8 Å². The van der Waals surface area contributed by atoms with Crippen LogP contribution >= 0.6 is 0 Å². The number of carbonyl (C=O) groups is 1. The van der Waals surface area contributed by atoms with Crippen LogP contribution in [0.1, 0.15) is 66.6 Å². The van der Waals surface area contributed by atoms with Crippen LogP contribution in [0.3, 0.4) is 0 Å². The fraction of sp³-hybridized carbons (Fsp3) is 0.480. The Morgan fingerprint density at radius 2 is 1.82 bits per heavy atom. The maximum absolute atomic E-state index is 11.8. The van der Waals surface area contributed by atoms with Crippen LogP contribution < -0.4 is 10.6 Å². The molecule has 9 heteroatoms. The number of carbonyl (C=O) groups excluding carboxylic acids is 1. The summed E-state index contributed by atoms with van der Waals surface area (Å²) in [7, 11) is 0. The molecule has 3 heterocycles. The molecule has 0 saturated heterocycles. The minimum Gasteiger partial charge on any atom is -0.444 e. The van der Waals surface area contributed by atoms with E-state index in [0.717, 1.165) is 34.7 Å². The van der Waals surface area contributed by atoms with Crippen molar-refractivity contribution in [3.05, 3.63) is 48.2 Å². The Morgan fingerprint density at radius 1 is 1.12 bits per heavy atom. The van der Waals surface area contributed by atoms with Gasteiger partial charge in [0.1, 0.15) is 5.60 Å². The lowest BCUT2D eigenvalue weighted by atomic mass is 10.1. The summed E-state index contributed by atoms with van der Waals surface area (Å²) in [6.07, 6.45) is 6.60. The number of nitrogens with zero attached hydrogens (tertiary/aromatic N) is 5. The molecule has 186 valence electrons. The third-order valence-corrected chi connectivity index (χ3v) is 4.15. The van der Waals surface area contributed by atoms with E-state index in [2.05, 4.69) is 30.7 Å². The van der Waals surface area contributed by atoms with E-state index < -0.39 is 11.7 Å². The molecule has 0 aliphatic rings. The van der Waals surface area contributed by atoms with E-state index >= 15 is 0 Å². The number of hydrogen-bond acceptors (Lipinski definition) is 7. The molecule has 2 N–H and O–H groups in total. The number of alkyl carbamates (subject to hydrolysis) is 1. The van der Waals surface area contributed by atoms with Crippen molar-refractivity contribution in [3.63, 3.8) is 0 Å². The Bertz CT molecular complexity index is 1030. The van der Waals surface area contributed by atoms with Gasteiger partial charge >= 0.3 is 6.09 Å². The van der Waals surface area contributed by atoms with Gasteiger partial charge in [-0.2, -0.15) is 5.10 Å². The lowest BCUT2D eigenvalue weighted by Crippen LogP contribution is -2.32. The molecular weight excluding hydrogens is 430 g/mol. The van der Waals surface area contributed by atoms with Crippen molar-refractivity contribution in [1.82, 2.24) is 30.0 Å². The van der Waals surface area contributed by atoms with Crippen molar-refractivity contribution < 1.29 is 9.53 Å². The molecule has 9 nitrogen and oxygen atoms in total. The number of rotatable bonds is 6. The summed E-state index contributed by atoms with van der Waals surface area (Å²) < 4.78 is 7.08. The molecule has 0 radical (unpaired) electrons. The molecule has 3 rings (SSSR count). The van der Waals surface area contributed by atoms with E-state index in [1.54, 1.807) is 18.6 Å². The number of ether oxygens (including phenoxy) is 1. The fourth-order valence-corrected chi connectivity index (χ4v) is 2.71. The van der Waals surface area contributed by atoms with E-state index in [9.17, 15) is 4.79 Å². The molecule has 0 bridgehead atoms. The Kier molecular flexibility index (Phi) is 11.7. The second kappa shape index (κ2) is 13.9. The van der Waals surface area contributed by atoms with Crippen molar-refractivity contribution in [1.29, 1.82) is 0 Å². The molecule has 0 saturated carbocycles. The number of nitrogens with one attached hydrogen (secondary N) is 2. The molecule has 3 aromatic heterocycles. The van der Waals surface area contributed by atoms with Crippen molar-refractivity contribution in [2.45, 2.75) is 81.0 Å². The largest absolute Gasteiger partial charge is 0.444 e. The van der Waals surface area contributed by atoms with Gasteiger partial charge in [0.05, 0.1) is 29.8 Å². The maximum Gasteiger partial charge on any atom is 0.407 e. The van der Waals surface area contributed by atoms with Crippen LogP contribution in [0.15, 0.2) is 36.9 Å². The Hall–Kier alpha value is -3.49. The highest BCUT2D eigenvalue weighted by atomic mass is 16.6. The first-order valence-electron chi connectivity index (χ1n) is 11.8. The summed E-state index contributed by atoms with van der Waals surface area (Å²) in [5, 5.41) is 10.1. The highest BCUT2D eigenvalue weighted by Gasteiger charge is 2.16. The monoisotopic (exact) mass is 469 g/mol. The van der Waals surface area contributed by atoms with Crippen molar-refractivity contribution in [2.24, 2.45) is 0 Å². The Labute approximate surface area is 203 Å². The average Bonchev–Trinajstić information content (AvgIpc) is 3.27. The molecule has 0 aliphatic heterocycles. The summed E-state index contributed by atoms with van der Waals surface area (Å²) in [5.74, 6) is 0.483. The second-order valence-corrected chi connectivity index (χ2v) is 7.82. The van der Waals surface area contributed by atoms with Crippen LogP contribution in [0.25, 0.3) is 11.3 Å². The first-order valence-corrected chi connectivity index (χ1v) is 11.8. The molecule has 0 fully saturated rings. The topological polar surface area (TPSA) is 107 Å². The summed E-state index contributed by atoms with van der Waals surface area (Å²) in [6.45, 7) is 18.5. The Morgan fingerprint density at radius 3 is 2.41 bits per heavy atom. The highest BCUT2D eigenvalue weighted by molar-refractivity contribution is 5.68.